The number of hydrogen-bond donors (Lipinski definition) is 1. The van der Waals surface area contributed by atoms with Gasteiger partial charge in [0, 0.05) is 11.6 Å². The van der Waals surface area contributed by atoms with Gasteiger partial charge in [-0.3, -0.25) is 0 Å². The summed E-state index contributed by atoms with van der Waals surface area (Å²) in [5, 5.41) is 4.19. The number of halogens is 1. The Bertz CT molecular complexity index is 356. The molecule has 0 bridgehead atoms. The predicted octanol–water partition coefficient (Wildman–Crippen LogP) is 4.51. The lowest BCUT2D eigenvalue weighted by atomic mass is 10.1. The highest BCUT2D eigenvalue weighted by molar-refractivity contribution is 6.30. The van der Waals surface area contributed by atoms with Gasteiger partial charge in [0.15, 0.2) is 0 Å². The lowest BCUT2D eigenvalue weighted by molar-refractivity contribution is 0.309. The molecule has 0 aliphatic rings. The van der Waals surface area contributed by atoms with Crippen molar-refractivity contribution >= 4 is 11.6 Å². The monoisotopic (exact) mass is 283 g/mol. The van der Waals surface area contributed by atoms with Crippen molar-refractivity contribution in [3.05, 3.63) is 28.3 Å². The highest BCUT2D eigenvalue weighted by Gasteiger charge is 2.05. The van der Waals surface area contributed by atoms with Gasteiger partial charge in [-0.2, -0.15) is 0 Å². The molecule has 2 nitrogen and oxygen atoms in total. The molecule has 0 fully saturated rings. The summed E-state index contributed by atoms with van der Waals surface area (Å²) in [6.07, 6.45) is 5.20. The zero-order valence-corrected chi connectivity index (χ0v) is 13.1. The maximum Gasteiger partial charge on any atom is 0.125 e. The quantitative estimate of drug-likeness (QED) is 0.674. The SMILES string of the molecule is CCCCCCNCCOc1c(C)cc(Cl)cc1C. The van der Waals surface area contributed by atoms with Gasteiger partial charge in [0.25, 0.3) is 0 Å². The highest BCUT2D eigenvalue weighted by atomic mass is 35.5. The van der Waals surface area contributed by atoms with E-state index in [1.54, 1.807) is 0 Å². The van der Waals surface area contributed by atoms with Gasteiger partial charge >= 0.3 is 0 Å². The molecule has 1 aromatic rings. The van der Waals surface area contributed by atoms with Crippen molar-refractivity contribution < 1.29 is 4.74 Å². The third-order valence-electron chi connectivity index (χ3n) is 3.16. The molecule has 0 heterocycles. The van der Waals surface area contributed by atoms with E-state index in [9.17, 15) is 0 Å². The number of benzene rings is 1. The van der Waals surface area contributed by atoms with Gasteiger partial charge in [0.05, 0.1) is 0 Å². The van der Waals surface area contributed by atoms with Gasteiger partial charge in [-0.05, 0) is 50.1 Å². The van der Waals surface area contributed by atoms with Crippen molar-refractivity contribution in [3.8, 4) is 5.75 Å². The number of ether oxygens (including phenoxy) is 1. The molecule has 108 valence electrons. The summed E-state index contributed by atoms with van der Waals surface area (Å²) in [4.78, 5) is 0. The molecule has 0 radical (unpaired) electrons. The lowest BCUT2D eigenvalue weighted by Crippen LogP contribution is -2.22. The molecule has 19 heavy (non-hydrogen) atoms. The van der Waals surface area contributed by atoms with Crippen LogP contribution in [0.2, 0.25) is 5.02 Å². The van der Waals surface area contributed by atoms with Crippen molar-refractivity contribution in [1.82, 2.24) is 5.32 Å². The van der Waals surface area contributed by atoms with Crippen molar-refractivity contribution in [2.75, 3.05) is 19.7 Å². The predicted molar refractivity (Wildman–Crippen MR) is 83.4 cm³/mol. The first-order valence-corrected chi connectivity index (χ1v) is 7.63. The van der Waals surface area contributed by atoms with Crippen LogP contribution in [0.25, 0.3) is 0 Å². The second kappa shape index (κ2) is 9.22. The fraction of sp³-hybridized carbons (Fsp3) is 0.625. The summed E-state index contributed by atoms with van der Waals surface area (Å²) in [6, 6.07) is 3.89. The van der Waals surface area contributed by atoms with Gasteiger partial charge in [-0.25, -0.2) is 0 Å². The molecule has 1 rings (SSSR count). The molecule has 0 atom stereocenters. The highest BCUT2D eigenvalue weighted by Crippen LogP contribution is 2.26. The zero-order valence-electron chi connectivity index (χ0n) is 12.4. The van der Waals surface area contributed by atoms with Gasteiger partial charge in [0.1, 0.15) is 12.4 Å². The molecule has 1 aromatic carbocycles. The van der Waals surface area contributed by atoms with E-state index in [2.05, 4.69) is 12.2 Å². The molecule has 3 heteroatoms. The van der Waals surface area contributed by atoms with E-state index < -0.39 is 0 Å². The topological polar surface area (TPSA) is 21.3 Å². The first-order valence-electron chi connectivity index (χ1n) is 7.25. The Morgan fingerprint density at radius 2 is 1.74 bits per heavy atom. The Hall–Kier alpha value is -0.730. The van der Waals surface area contributed by atoms with Crippen molar-refractivity contribution in [3.63, 3.8) is 0 Å². The molecule has 0 aromatic heterocycles. The molecule has 0 spiro atoms. The first kappa shape index (κ1) is 16.3. The van der Waals surface area contributed by atoms with E-state index in [4.69, 9.17) is 16.3 Å². The van der Waals surface area contributed by atoms with Gasteiger partial charge in [0.2, 0.25) is 0 Å². The summed E-state index contributed by atoms with van der Waals surface area (Å²) >= 11 is 6.00. The minimum Gasteiger partial charge on any atom is -0.492 e. The fourth-order valence-electron chi connectivity index (χ4n) is 2.15. The Balaban J connectivity index is 2.19. The summed E-state index contributed by atoms with van der Waals surface area (Å²) in [6.45, 7) is 8.99. The van der Waals surface area contributed by atoms with E-state index in [1.165, 1.54) is 25.7 Å². The normalized spacial score (nSPS) is 10.7. The molecule has 0 aliphatic carbocycles. The van der Waals surface area contributed by atoms with E-state index >= 15 is 0 Å². The van der Waals surface area contributed by atoms with Crippen molar-refractivity contribution in [2.45, 2.75) is 46.5 Å². The summed E-state index contributed by atoms with van der Waals surface area (Å²) in [5.41, 5.74) is 2.21. The van der Waals surface area contributed by atoms with E-state index in [0.717, 1.165) is 35.0 Å². The molecule has 0 unspecified atom stereocenters. The van der Waals surface area contributed by atoms with Crippen LogP contribution in [0.4, 0.5) is 0 Å². The third-order valence-corrected chi connectivity index (χ3v) is 3.38. The minimum absolute atomic E-state index is 0.705. The zero-order chi connectivity index (χ0) is 14.1. The molecular weight excluding hydrogens is 258 g/mol. The molecule has 0 aliphatic heterocycles. The first-order chi connectivity index (χ1) is 9.15. The van der Waals surface area contributed by atoms with Crippen LogP contribution in [0.5, 0.6) is 5.75 Å². The Labute approximate surface area is 122 Å². The second-order valence-electron chi connectivity index (χ2n) is 5.03. The Morgan fingerprint density at radius 3 is 2.37 bits per heavy atom. The van der Waals surface area contributed by atoms with Crippen LogP contribution in [-0.2, 0) is 0 Å². The maximum atomic E-state index is 6.00. The fourth-order valence-corrected chi connectivity index (χ4v) is 2.48. The van der Waals surface area contributed by atoms with Crippen LogP contribution in [-0.4, -0.2) is 19.7 Å². The van der Waals surface area contributed by atoms with Crippen molar-refractivity contribution in [2.24, 2.45) is 0 Å². The Morgan fingerprint density at radius 1 is 1.05 bits per heavy atom. The van der Waals surface area contributed by atoms with Crippen LogP contribution in [0, 0.1) is 13.8 Å². The second-order valence-corrected chi connectivity index (χ2v) is 5.46. The van der Waals surface area contributed by atoms with Gasteiger partial charge < -0.3 is 10.1 Å². The van der Waals surface area contributed by atoms with Gasteiger partial charge in [-0.15, -0.1) is 0 Å². The number of unbranched alkanes of at least 4 members (excludes halogenated alkanes) is 3. The molecular formula is C16H26ClNO. The van der Waals surface area contributed by atoms with E-state index in [-0.39, 0.29) is 0 Å². The average Bonchev–Trinajstić information content (AvgIpc) is 2.35. The van der Waals surface area contributed by atoms with Gasteiger partial charge in [-0.1, -0.05) is 37.8 Å². The largest absolute Gasteiger partial charge is 0.492 e. The summed E-state index contributed by atoms with van der Waals surface area (Å²) in [5.74, 6) is 0.970. The molecule has 1 N–H and O–H groups in total. The number of hydrogen-bond acceptors (Lipinski definition) is 2. The lowest BCUT2D eigenvalue weighted by Gasteiger charge is -2.13. The molecule has 0 saturated heterocycles. The van der Waals surface area contributed by atoms with E-state index in [0.29, 0.717) is 6.61 Å². The van der Waals surface area contributed by atoms with Crippen LogP contribution in [0.1, 0.15) is 43.7 Å². The third kappa shape index (κ3) is 6.31. The maximum absolute atomic E-state index is 6.00. The number of rotatable bonds is 9. The number of aryl methyl sites for hydroxylation is 2. The minimum atomic E-state index is 0.705. The molecule has 0 amide bonds. The smallest absolute Gasteiger partial charge is 0.125 e. The molecule has 0 saturated carbocycles. The van der Waals surface area contributed by atoms with Crippen LogP contribution >= 0.6 is 11.6 Å². The Kier molecular flexibility index (Phi) is 7.92. The standard InChI is InChI=1S/C16H26ClNO/c1-4-5-6-7-8-18-9-10-19-16-13(2)11-15(17)12-14(16)3/h11-12,18H,4-10H2,1-3H3. The summed E-state index contributed by atoms with van der Waals surface area (Å²) in [7, 11) is 0. The van der Waals surface area contributed by atoms with E-state index in [1.807, 2.05) is 26.0 Å². The van der Waals surface area contributed by atoms with Crippen LogP contribution in [0.15, 0.2) is 12.1 Å². The number of nitrogens with one attached hydrogen (secondary N) is 1. The summed E-state index contributed by atoms with van der Waals surface area (Å²) < 4.78 is 5.83. The van der Waals surface area contributed by atoms with Crippen LogP contribution in [0.3, 0.4) is 0 Å². The average molecular weight is 284 g/mol. The van der Waals surface area contributed by atoms with Crippen molar-refractivity contribution in [1.29, 1.82) is 0 Å². The van der Waals surface area contributed by atoms with Crippen LogP contribution < -0.4 is 10.1 Å².